The second kappa shape index (κ2) is 5.01. The lowest BCUT2D eigenvalue weighted by Gasteiger charge is -2.01. The number of nitro groups is 1. The van der Waals surface area contributed by atoms with Crippen molar-refractivity contribution in [3.63, 3.8) is 0 Å². The molecule has 0 aliphatic heterocycles. The van der Waals surface area contributed by atoms with Crippen molar-refractivity contribution in [3.05, 3.63) is 45.4 Å². The Morgan fingerprint density at radius 1 is 1.61 bits per heavy atom. The molecule has 2 aromatic rings. The van der Waals surface area contributed by atoms with E-state index in [-0.39, 0.29) is 10.8 Å². The van der Waals surface area contributed by atoms with Gasteiger partial charge in [0.15, 0.2) is 5.02 Å². The molecule has 0 aromatic carbocycles. The molecule has 18 heavy (non-hydrogen) atoms. The fraction of sp³-hybridized carbons (Fsp3) is 0.200. The van der Waals surface area contributed by atoms with Crippen molar-refractivity contribution in [2.24, 2.45) is 0 Å². The summed E-state index contributed by atoms with van der Waals surface area (Å²) >= 11 is 5.71. The SMILES string of the molecule is CNc1ccnc(Cn2cc(Cl)c([N+](=O)[O-])n2)c1. The van der Waals surface area contributed by atoms with Crippen LogP contribution in [0.15, 0.2) is 24.5 Å². The third kappa shape index (κ3) is 2.57. The van der Waals surface area contributed by atoms with E-state index in [1.54, 1.807) is 13.2 Å². The lowest BCUT2D eigenvalue weighted by molar-refractivity contribution is -0.389. The van der Waals surface area contributed by atoms with Gasteiger partial charge in [0.1, 0.15) is 6.54 Å². The van der Waals surface area contributed by atoms with Crippen LogP contribution < -0.4 is 5.32 Å². The smallest absolute Gasteiger partial charge is 0.388 e. The van der Waals surface area contributed by atoms with Gasteiger partial charge < -0.3 is 15.4 Å². The average Bonchev–Trinajstić information content (AvgIpc) is 2.70. The topological polar surface area (TPSA) is 85.9 Å². The average molecular weight is 268 g/mol. The van der Waals surface area contributed by atoms with Gasteiger partial charge in [-0.1, -0.05) is 11.6 Å². The molecule has 0 aliphatic carbocycles. The standard InChI is InChI=1S/C10H10ClN5O2/c1-12-7-2-3-13-8(4-7)5-15-6-9(11)10(14-15)16(17)18/h2-4,6H,5H2,1H3,(H,12,13). The Labute approximate surface area is 108 Å². The van der Waals surface area contributed by atoms with Gasteiger partial charge in [-0.25, -0.2) is 0 Å². The van der Waals surface area contributed by atoms with Crippen LogP contribution in [0.3, 0.4) is 0 Å². The van der Waals surface area contributed by atoms with Gasteiger partial charge in [-0.15, -0.1) is 0 Å². The van der Waals surface area contributed by atoms with E-state index in [0.717, 1.165) is 11.4 Å². The molecule has 2 rings (SSSR count). The van der Waals surface area contributed by atoms with E-state index in [0.29, 0.717) is 6.54 Å². The van der Waals surface area contributed by atoms with E-state index in [4.69, 9.17) is 11.6 Å². The van der Waals surface area contributed by atoms with E-state index in [1.807, 2.05) is 12.1 Å². The normalized spacial score (nSPS) is 10.3. The monoisotopic (exact) mass is 267 g/mol. The minimum atomic E-state index is -0.615. The number of halogens is 1. The highest BCUT2D eigenvalue weighted by molar-refractivity contribution is 6.32. The minimum Gasteiger partial charge on any atom is -0.388 e. The van der Waals surface area contributed by atoms with E-state index in [9.17, 15) is 10.1 Å². The van der Waals surface area contributed by atoms with E-state index >= 15 is 0 Å². The molecule has 8 heteroatoms. The van der Waals surface area contributed by atoms with Gasteiger partial charge in [0.25, 0.3) is 0 Å². The molecule has 0 aliphatic rings. The second-order valence-electron chi connectivity index (χ2n) is 3.54. The summed E-state index contributed by atoms with van der Waals surface area (Å²) < 4.78 is 1.39. The van der Waals surface area contributed by atoms with E-state index in [1.165, 1.54) is 10.9 Å². The maximum absolute atomic E-state index is 10.6. The number of aromatic nitrogens is 3. The van der Waals surface area contributed by atoms with Gasteiger partial charge in [-0.3, -0.25) is 4.98 Å². The molecule has 0 fully saturated rings. The molecule has 1 N–H and O–H groups in total. The van der Waals surface area contributed by atoms with Crippen molar-refractivity contribution >= 4 is 23.1 Å². The highest BCUT2D eigenvalue weighted by atomic mass is 35.5. The summed E-state index contributed by atoms with van der Waals surface area (Å²) in [5.74, 6) is -0.346. The fourth-order valence-electron chi connectivity index (χ4n) is 1.48. The number of nitrogens with one attached hydrogen (secondary N) is 1. The lowest BCUT2D eigenvalue weighted by Crippen LogP contribution is -2.03. The summed E-state index contributed by atoms with van der Waals surface area (Å²) in [5, 5.41) is 17.4. The molecule has 0 saturated carbocycles. The van der Waals surface area contributed by atoms with Crippen molar-refractivity contribution < 1.29 is 4.92 Å². The number of pyridine rings is 1. The molecular weight excluding hydrogens is 258 g/mol. The van der Waals surface area contributed by atoms with Crippen LogP contribution in [-0.2, 0) is 6.54 Å². The fourth-order valence-corrected chi connectivity index (χ4v) is 1.70. The van der Waals surface area contributed by atoms with Crippen LogP contribution in [0.4, 0.5) is 11.5 Å². The Bertz CT molecular complexity index is 583. The molecular formula is C10H10ClN5O2. The Hall–Kier alpha value is -2.15. The zero-order valence-electron chi connectivity index (χ0n) is 9.50. The lowest BCUT2D eigenvalue weighted by atomic mass is 10.3. The number of rotatable bonds is 4. The van der Waals surface area contributed by atoms with Crippen molar-refractivity contribution in [3.8, 4) is 0 Å². The van der Waals surface area contributed by atoms with Gasteiger partial charge in [-0.2, -0.15) is 4.68 Å². The molecule has 0 radical (unpaired) electrons. The first-order valence-electron chi connectivity index (χ1n) is 5.10. The van der Waals surface area contributed by atoms with Crippen LogP contribution in [0, 0.1) is 10.1 Å². The van der Waals surface area contributed by atoms with Gasteiger partial charge >= 0.3 is 5.82 Å². The highest BCUT2D eigenvalue weighted by Crippen LogP contribution is 2.21. The molecule has 2 heterocycles. The van der Waals surface area contributed by atoms with Crippen LogP contribution in [-0.4, -0.2) is 26.7 Å². The van der Waals surface area contributed by atoms with Gasteiger partial charge in [0.2, 0.25) is 0 Å². The van der Waals surface area contributed by atoms with Crippen LogP contribution in [0.5, 0.6) is 0 Å². The molecule has 0 spiro atoms. The van der Waals surface area contributed by atoms with Crippen molar-refractivity contribution in [2.45, 2.75) is 6.54 Å². The Kier molecular flexibility index (Phi) is 3.42. The van der Waals surface area contributed by atoms with Crippen molar-refractivity contribution in [1.82, 2.24) is 14.8 Å². The first kappa shape index (κ1) is 12.3. The van der Waals surface area contributed by atoms with Gasteiger partial charge in [-0.05, 0) is 17.1 Å². The maximum atomic E-state index is 10.6. The zero-order chi connectivity index (χ0) is 13.1. The Morgan fingerprint density at radius 3 is 3.00 bits per heavy atom. The zero-order valence-corrected chi connectivity index (χ0v) is 10.3. The summed E-state index contributed by atoms with van der Waals surface area (Å²) in [5.41, 5.74) is 1.64. The summed E-state index contributed by atoms with van der Waals surface area (Å²) in [4.78, 5) is 14.1. The largest absolute Gasteiger partial charge is 0.408 e. The molecule has 0 unspecified atom stereocenters. The number of nitrogens with zero attached hydrogens (tertiary/aromatic N) is 4. The summed E-state index contributed by atoms with van der Waals surface area (Å²) in [6.45, 7) is 0.322. The molecule has 7 nitrogen and oxygen atoms in total. The van der Waals surface area contributed by atoms with Crippen molar-refractivity contribution in [2.75, 3.05) is 12.4 Å². The third-order valence-corrected chi connectivity index (χ3v) is 2.57. The first-order chi connectivity index (χ1) is 8.60. The molecule has 2 aromatic heterocycles. The number of hydrogen-bond donors (Lipinski definition) is 1. The van der Waals surface area contributed by atoms with Gasteiger partial charge in [0.05, 0.1) is 17.0 Å². The highest BCUT2D eigenvalue weighted by Gasteiger charge is 2.19. The van der Waals surface area contributed by atoms with Crippen LogP contribution in [0.1, 0.15) is 5.69 Å². The van der Waals surface area contributed by atoms with Gasteiger partial charge in [0, 0.05) is 18.9 Å². The molecule has 0 atom stereocenters. The van der Waals surface area contributed by atoms with Crippen LogP contribution in [0.25, 0.3) is 0 Å². The van der Waals surface area contributed by atoms with E-state index < -0.39 is 4.92 Å². The quantitative estimate of drug-likeness (QED) is 0.676. The molecule has 0 amide bonds. The third-order valence-electron chi connectivity index (χ3n) is 2.30. The predicted molar refractivity (Wildman–Crippen MR) is 66.8 cm³/mol. The van der Waals surface area contributed by atoms with Crippen LogP contribution in [0.2, 0.25) is 5.02 Å². The van der Waals surface area contributed by atoms with Crippen molar-refractivity contribution in [1.29, 1.82) is 0 Å². The predicted octanol–water partition coefficient (Wildman–Crippen LogP) is 1.93. The minimum absolute atomic E-state index is 0.0183. The molecule has 0 bridgehead atoms. The second-order valence-corrected chi connectivity index (χ2v) is 3.95. The van der Waals surface area contributed by atoms with Crippen LogP contribution >= 0.6 is 11.6 Å². The Balaban J connectivity index is 2.23. The summed E-state index contributed by atoms with van der Waals surface area (Å²) in [7, 11) is 1.80. The van der Waals surface area contributed by atoms with E-state index in [2.05, 4.69) is 15.4 Å². The Morgan fingerprint density at radius 2 is 2.39 bits per heavy atom. The summed E-state index contributed by atoms with van der Waals surface area (Å²) in [6.07, 6.45) is 3.06. The maximum Gasteiger partial charge on any atom is 0.408 e. The first-order valence-corrected chi connectivity index (χ1v) is 5.48. The number of anilines is 1. The summed E-state index contributed by atoms with van der Waals surface area (Å²) in [6, 6.07) is 3.66. The number of hydrogen-bond acceptors (Lipinski definition) is 5. The molecule has 0 saturated heterocycles. The molecule has 94 valence electrons.